The van der Waals surface area contributed by atoms with Gasteiger partial charge in [-0.3, -0.25) is 9.69 Å². The average Bonchev–Trinajstić information content (AvgIpc) is 2.94. The maximum atomic E-state index is 12.7. The molecule has 2 saturated heterocycles. The molecule has 3 rings (SSSR count). The van der Waals surface area contributed by atoms with Crippen LogP contribution in [0.15, 0.2) is 18.2 Å². The third-order valence-corrected chi connectivity index (χ3v) is 4.51. The largest absolute Gasteiger partial charge is 0.338 e. The molecule has 7 heteroatoms. The van der Waals surface area contributed by atoms with Crippen molar-refractivity contribution in [1.82, 2.24) is 10.2 Å². The fraction of sp³-hybridized carbons (Fsp3) is 0.467. The van der Waals surface area contributed by atoms with E-state index in [1.54, 1.807) is 28.0 Å². The Balaban J connectivity index is 1.83. The number of rotatable bonds is 2. The number of hydrogen-bond acceptors (Lipinski definition) is 3. The molecule has 0 bridgehead atoms. The standard InChI is InChI=1S/C15H19ClN4O2/c16-13-2-1-11(20-8-5-18-15(20)22)9-12(13)14(21)19-6-3-10(17)4-7-19/h1-2,9-10H,3-8,17H2,(H,18,22). The van der Waals surface area contributed by atoms with Gasteiger partial charge in [-0.2, -0.15) is 0 Å². The predicted molar refractivity (Wildman–Crippen MR) is 85.3 cm³/mol. The Hall–Kier alpha value is -1.79. The zero-order valence-electron chi connectivity index (χ0n) is 12.2. The Morgan fingerprint density at radius 1 is 1.27 bits per heavy atom. The van der Waals surface area contributed by atoms with Crippen molar-refractivity contribution < 1.29 is 9.59 Å². The van der Waals surface area contributed by atoms with E-state index >= 15 is 0 Å². The van der Waals surface area contributed by atoms with Crippen molar-refractivity contribution in [3.63, 3.8) is 0 Å². The molecule has 0 saturated carbocycles. The molecule has 0 spiro atoms. The fourth-order valence-electron chi connectivity index (χ4n) is 2.84. The normalized spacial score (nSPS) is 19.5. The molecular weight excluding hydrogens is 304 g/mol. The van der Waals surface area contributed by atoms with E-state index < -0.39 is 0 Å². The second kappa shape index (κ2) is 6.14. The summed E-state index contributed by atoms with van der Waals surface area (Å²) in [4.78, 5) is 27.8. The highest BCUT2D eigenvalue weighted by atomic mass is 35.5. The van der Waals surface area contributed by atoms with Crippen molar-refractivity contribution in [2.75, 3.05) is 31.1 Å². The van der Waals surface area contributed by atoms with Gasteiger partial charge < -0.3 is 16.0 Å². The van der Waals surface area contributed by atoms with Gasteiger partial charge in [0, 0.05) is 37.9 Å². The van der Waals surface area contributed by atoms with Crippen molar-refractivity contribution in [2.24, 2.45) is 5.73 Å². The van der Waals surface area contributed by atoms with Crippen LogP contribution in [-0.2, 0) is 0 Å². The summed E-state index contributed by atoms with van der Waals surface area (Å²) in [5.41, 5.74) is 7.00. The second-order valence-corrected chi connectivity index (χ2v) is 6.08. The molecule has 0 radical (unpaired) electrons. The number of carbonyl (C=O) groups is 2. The number of anilines is 1. The van der Waals surface area contributed by atoms with E-state index in [-0.39, 0.29) is 18.0 Å². The summed E-state index contributed by atoms with van der Waals surface area (Å²) in [6, 6.07) is 5.15. The van der Waals surface area contributed by atoms with Crippen LogP contribution in [0.4, 0.5) is 10.5 Å². The van der Waals surface area contributed by atoms with Crippen LogP contribution in [0.25, 0.3) is 0 Å². The van der Waals surface area contributed by atoms with Gasteiger partial charge in [-0.05, 0) is 31.0 Å². The summed E-state index contributed by atoms with van der Waals surface area (Å²) in [6.07, 6.45) is 1.61. The molecule has 6 nitrogen and oxygen atoms in total. The molecule has 3 amide bonds. The van der Waals surface area contributed by atoms with Gasteiger partial charge in [-0.25, -0.2) is 4.79 Å². The Bertz CT molecular complexity index is 599. The number of hydrogen-bond donors (Lipinski definition) is 2. The zero-order chi connectivity index (χ0) is 15.7. The van der Waals surface area contributed by atoms with Crippen LogP contribution in [0, 0.1) is 0 Å². The van der Waals surface area contributed by atoms with Gasteiger partial charge in [0.25, 0.3) is 5.91 Å². The molecule has 2 aliphatic rings. The lowest BCUT2D eigenvalue weighted by Crippen LogP contribution is -2.43. The lowest BCUT2D eigenvalue weighted by atomic mass is 10.0. The predicted octanol–water partition coefficient (Wildman–Crippen LogP) is 1.43. The molecule has 0 aliphatic carbocycles. The lowest BCUT2D eigenvalue weighted by Gasteiger charge is -2.30. The van der Waals surface area contributed by atoms with Gasteiger partial charge >= 0.3 is 6.03 Å². The number of nitrogens with one attached hydrogen (secondary N) is 1. The molecule has 1 aromatic carbocycles. The quantitative estimate of drug-likeness (QED) is 0.864. The molecule has 2 aliphatic heterocycles. The molecule has 118 valence electrons. The highest BCUT2D eigenvalue weighted by molar-refractivity contribution is 6.34. The fourth-order valence-corrected chi connectivity index (χ4v) is 3.03. The first-order valence-electron chi connectivity index (χ1n) is 7.46. The Labute approximate surface area is 134 Å². The monoisotopic (exact) mass is 322 g/mol. The minimum Gasteiger partial charge on any atom is -0.338 e. The highest BCUT2D eigenvalue weighted by Gasteiger charge is 2.26. The molecule has 0 aromatic heterocycles. The summed E-state index contributed by atoms with van der Waals surface area (Å²) >= 11 is 6.19. The summed E-state index contributed by atoms with van der Waals surface area (Å²) in [6.45, 7) is 2.48. The van der Waals surface area contributed by atoms with Gasteiger partial charge in [0.05, 0.1) is 10.6 Å². The number of benzene rings is 1. The van der Waals surface area contributed by atoms with Gasteiger partial charge in [0.15, 0.2) is 0 Å². The van der Waals surface area contributed by atoms with Gasteiger partial charge in [-0.1, -0.05) is 11.6 Å². The number of likely N-dealkylation sites (tertiary alicyclic amines) is 1. The van der Waals surface area contributed by atoms with Crippen LogP contribution in [0.3, 0.4) is 0 Å². The molecule has 3 N–H and O–H groups in total. The zero-order valence-corrected chi connectivity index (χ0v) is 13.0. The molecule has 2 fully saturated rings. The van der Waals surface area contributed by atoms with E-state index in [4.69, 9.17) is 17.3 Å². The SMILES string of the molecule is NC1CCN(C(=O)c2cc(N3CCNC3=O)ccc2Cl)CC1. The van der Waals surface area contributed by atoms with Crippen molar-refractivity contribution >= 4 is 29.2 Å². The first kappa shape index (κ1) is 15.1. The number of nitrogens with two attached hydrogens (primary N) is 1. The molecular formula is C15H19ClN4O2. The van der Waals surface area contributed by atoms with E-state index in [0.29, 0.717) is 42.5 Å². The Kier molecular flexibility index (Phi) is 4.22. The minimum absolute atomic E-state index is 0.0987. The first-order valence-corrected chi connectivity index (χ1v) is 7.84. The summed E-state index contributed by atoms with van der Waals surface area (Å²) < 4.78 is 0. The minimum atomic E-state index is -0.148. The maximum Gasteiger partial charge on any atom is 0.321 e. The number of piperidine rings is 1. The molecule has 0 atom stereocenters. The molecule has 1 aromatic rings. The summed E-state index contributed by atoms with van der Waals surface area (Å²) in [7, 11) is 0. The van der Waals surface area contributed by atoms with Crippen LogP contribution in [0.1, 0.15) is 23.2 Å². The first-order chi connectivity index (χ1) is 10.6. The third-order valence-electron chi connectivity index (χ3n) is 4.18. The summed E-state index contributed by atoms with van der Waals surface area (Å²) in [5, 5.41) is 3.15. The number of carbonyl (C=O) groups excluding carboxylic acids is 2. The van der Waals surface area contributed by atoms with E-state index in [1.165, 1.54) is 0 Å². The van der Waals surface area contributed by atoms with Gasteiger partial charge in [0.2, 0.25) is 0 Å². The van der Waals surface area contributed by atoms with Crippen LogP contribution >= 0.6 is 11.6 Å². The van der Waals surface area contributed by atoms with Crippen LogP contribution in [0.2, 0.25) is 5.02 Å². The average molecular weight is 323 g/mol. The smallest absolute Gasteiger partial charge is 0.321 e. The topological polar surface area (TPSA) is 78.7 Å². The van der Waals surface area contributed by atoms with Crippen LogP contribution in [0.5, 0.6) is 0 Å². The number of nitrogens with zero attached hydrogens (tertiary/aromatic N) is 2. The number of urea groups is 1. The van der Waals surface area contributed by atoms with Crippen molar-refractivity contribution in [1.29, 1.82) is 0 Å². The molecule has 0 unspecified atom stereocenters. The third kappa shape index (κ3) is 2.89. The van der Waals surface area contributed by atoms with E-state index in [2.05, 4.69) is 5.32 Å². The number of amides is 3. The van der Waals surface area contributed by atoms with Crippen LogP contribution < -0.4 is 16.0 Å². The molecule has 22 heavy (non-hydrogen) atoms. The van der Waals surface area contributed by atoms with E-state index in [0.717, 1.165) is 12.8 Å². The van der Waals surface area contributed by atoms with Crippen molar-refractivity contribution in [3.05, 3.63) is 28.8 Å². The second-order valence-electron chi connectivity index (χ2n) is 5.68. The van der Waals surface area contributed by atoms with E-state index in [1.807, 2.05) is 0 Å². The van der Waals surface area contributed by atoms with Crippen molar-refractivity contribution in [3.8, 4) is 0 Å². The number of halogens is 1. The van der Waals surface area contributed by atoms with Gasteiger partial charge in [0.1, 0.15) is 0 Å². The maximum absolute atomic E-state index is 12.7. The Morgan fingerprint density at radius 2 is 2.00 bits per heavy atom. The van der Waals surface area contributed by atoms with Gasteiger partial charge in [-0.15, -0.1) is 0 Å². The summed E-state index contributed by atoms with van der Waals surface area (Å²) in [5.74, 6) is -0.0987. The van der Waals surface area contributed by atoms with Crippen molar-refractivity contribution in [2.45, 2.75) is 18.9 Å². The Morgan fingerprint density at radius 3 is 2.64 bits per heavy atom. The lowest BCUT2D eigenvalue weighted by molar-refractivity contribution is 0.0715. The molecule has 2 heterocycles. The van der Waals surface area contributed by atoms with E-state index in [9.17, 15) is 9.59 Å². The highest BCUT2D eigenvalue weighted by Crippen LogP contribution is 2.26. The van der Waals surface area contributed by atoms with Crippen LogP contribution in [-0.4, -0.2) is 49.1 Å².